The van der Waals surface area contributed by atoms with Gasteiger partial charge in [-0.05, 0) is 50.9 Å². The minimum Gasteiger partial charge on any atom is -0.361 e. The van der Waals surface area contributed by atoms with Gasteiger partial charge in [-0.2, -0.15) is 0 Å². The molecule has 1 aromatic heterocycles. The van der Waals surface area contributed by atoms with Crippen molar-refractivity contribution in [2.24, 2.45) is 5.92 Å². The molecule has 1 heterocycles. The van der Waals surface area contributed by atoms with Gasteiger partial charge in [0.05, 0.1) is 0 Å². The monoisotopic (exact) mass is 341 g/mol. The van der Waals surface area contributed by atoms with Crippen LogP contribution in [-0.2, 0) is 11.2 Å². The number of nitrogens with one attached hydrogen (secondary N) is 2. The number of amides is 1. The normalized spacial score (nSPS) is 17.1. The van der Waals surface area contributed by atoms with Crippen LogP contribution in [0, 0.1) is 5.92 Å². The Bertz CT molecular complexity index is 685. The Balaban J connectivity index is 1.49. The first-order valence-electron chi connectivity index (χ1n) is 9.63. The third kappa shape index (κ3) is 4.63. The Kier molecular flexibility index (Phi) is 6.14. The molecule has 1 amide bonds. The number of aromatic amines is 1. The highest BCUT2D eigenvalue weighted by Crippen LogP contribution is 2.28. The van der Waals surface area contributed by atoms with E-state index in [0.717, 1.165) is 24.4 Å². The zero-order valence-electron chi connectivity index (χ0n) is 15.6. The summed E-state index contributed by atoms with van der Waals surface area (Å²) >= 11 is 0. The Hall–Kier alpha value is -1.81. The maximum Gasteiger partial charge on any atom is 0.220 e. The molecule has 1 aliphatic rings. The van der Waals surface area contributed by atoms with Crippen molar-refractivity contribution in [1.82, 2.24) is 15.2 Å². The first kappa shape index (κ1) is 18.0. The van der Waals surface area contributed by atoms with Gasteiger partial charge in [0, 0.05) is 36.1 Å². The number of rotatable bonds is 7. The lowest BCUT2D eigenvalue weighted by Crippen LogP contribution is -2.45. The molecule has 1 saturated carbocycles. The molecule has 1 aromatic carbocycles. The molecule has 3 rings (SSSR count). The number of hydrogen-bond donors (Lipinski definition) is 2. The van der Waals surface area contributed by atoms with Gasteiger partial charge in [-0.25, -0.2) is 0 Å². The topological polar surface area (TPSA) is 48.1 Å². The number of benzene rings is 1. The van der Waals surface area contributed by atoms with Crippen LogP contribution in [0.5, 0.6) is 0 Å². The number of likely N-dealkylation sites (N-methyl/N-ethyl adjacent to an activating group) is 1. The van der Waals surface area contributed by atoms with Gasteiger partial charge >= 0.3 is 0 Å². The number of fused-ring (bicyclic) bond motifs is 1. The molecule has 0 spiro atoms. The summed E-state index contributed by atoms with van der Waals surface area (Å²) in [5, 5.41) is 4.41. The van der Waals surface area contributed by atoms with E-state index in [4.69, 9.17) is 0 Å². The van der Waals surface area contributed by atoms with E-state index in [-0.39, 0.29) is 5.91 Å². The molecule has 1 atom stereocenters. The van der Waals surface area contributed by atoms with Crippen molar-refractivity contribution in [3.8, 4) is 0 Å². The van der Waals surface area contributed by atoms with E-state index < -0.39 is 0 Å². The first-order valence-corrected chi connectivity index (χ1v) is 9.63. The number of aryl methyl sites for hydroxylation is 1. The molecule has 25 heavy (non-hydrogen) atoms. The van der Waals surface area contributed by atoms with Crippen LogP contribution in [0.3, 0.4) is 0 Å². The summed E-state index contributed by atoms with van der Waals surface area (Å²) in [5.41, 5.74) is 2.37. The second-order valence-corrected chi connectivity index (χ2v) is 7.59. The molecule has 2 N–H and O–H groups in total. The van der Waals surface area contributed by atoms with Crippen molar-refractivity contribution in [3.05, 3.63) is 36.0 Å². The molecule has 0 aliphatic heterocycles. The molecule has 4 nitrogen and oxygen atoms in total. The van der Waals surface area contributed by atoms with E-state index in [1.807, 2.05) is 18.3 Å². The van der Waals surface area contributed by atoms with Gasteiger partial charge < -0.3 is 15.2 Å². The van der Waals surface area contributed by atoms with Crippen LogP contribution in [0.4, 0.5) is 0 Å². The van der Waals surface area contributed by atoms with Crippen molar-refractivity contribution in [3.63, 3.8) is 0 Å². The van der Waals surface area contributed by atoms with Crippen LogP contribution in [0.1, 0.15) is 44.1 Å². The van der Waals surface area contributed by atoms with E-state index >= 15 is 0 Å². The summed E-state index contributed by atoms with van der Waals surface area (Å²) in [6.07, 6.45) is 10.0. The molecular formula is C21H31N3O. The molecule has 0 saturated heterocycles. The molecule has 1 aliphatic carbocycles. The maximum atomic E-state index is 12.3. The van der Waals surface area contributed by atoms with Gasteiger partial charge in [-0.3, -0.25) is 4.79 Å². The van der Waals surface area contributed by atoms with Gasteiger partial charge in [0.25, 0.3) is 0 Å². The highest BCUT2D eigenvalue weighted by atomic mass is 16.1. The number of hydrogen-bond acceptors (Lipinski definition) is 2. The predicted octanol–water partition coefficient (Wildman–Crippen LogP) is 3.73. The average molecular weight is 341 g/mol. The summed E-state index contributed by atoms with van der Waals surface area (Å²) in [7, 11) is 4.27. The molecule has 0 radical (unpaired) electrons. The van der Waals surface area contributed by atoms with Gasteiger partial charge in [0.2, 0.25) is 5.91 Å². The molecule has 1 fully saturated rings. The Morgan fingerprint density at radius 2 is 2.00 bits per heavy atom. The van der Waals surface area contributed by atoms with Crippen LogP contribution in [-0.4, -0.2) is 42.5 Å². The molecule has 0 unspecified atom stereocenters. The van der Waals surface area contributed by atoms with Crippen LogP contribution >= 0.6 is 0 Å². The first-order chi connectivity index (χ1) is 12.1. The fourth-order valence-corrected chi connectivity index (χ4v) is 4.18. The number of nitrogens with zero attached hydrogens (tertiary/aromatic N) is 1. The van der Waals surface area contributed by atoms with Gasteiger partial charge in [-0.1, -0.05) is 37.5 Å². The lowest BCUT2D eigenvalue weighted by atomic mass is 9.83. The summed E-state index contributed by atoms with van der Waals surface area (Å²) in [6, 6.07) is 8.72. The van der Waals surface area contributed by atoms with E-state index in [1.54, 1.807) is 0 Å². The summed E-state index contributed by atoms with van der Waals surface area (Å²) in [4.78, 5) is 17.9. The molecule has 2 aromatic rings. The van der Waals surface area contributed by atoms with Crippen LogP contribution in [0.2, 0.25) is 0 Å². The van der Waals surface area contributed by atoms with E-state index in [0.29, 0.717) is 12.5 Å². The van der Waals surface area contributed by atoms with E-state index in [9.17, 15) is 4.79 Å². The second kappa shape index (κ2) is 8.52. The molecule has 0 bridgehead atoms. The number of aromatic nitrogens is 1. The lowest BCUT2D eigenvalue weighted by molar-refractivity contribution is -0.121. The molecule has 136 valence electrons. The van der Waals surface area contributed by atoms with Crippen molar-refractivity contribution < 1.29 is 4.79 Å². The quantitative estimate of drug-likeness (QED) is 0.806. The molecule has 4 heteroatoms. The summed E-state index contributed by atoms with van der Waals surface area (Å²) < 4.78 is 0. The van der Waals surface area contributed by atoms with E-state index in [2.05, 4.69) is 41.4 Å². The number of carbonyl (C=O) groups is 1. The highest BCUT2D eigenvalue weighted by Gasteiger charge is 2.25. The lowest BCUT2D eigenvalue weighted by Gasteiger charge is -2.35. The number of carbonyl (C=O) groups excluding carboxylic acids is 1. The van der Waals surface area contributed by atoms with Crippen molar-refractivity contribution in [2.75, 3.05) is 20.6 Å². The van der Waals surface area contributed by atoms with Crippen molar-refractivity contribution >= 4 is 16.8 Å². The molecular weight excluding hydrogens is 310 g/mol. The fourth-order valence-electron chi connectivity index (χ4n) is 4.18. The predicted molar refractivity (Wildman–Crippen MR) is 104 cm³/mol. The second-order valence-electron chi connectivity index (χ2n) is 7.59. The fraction of sp³-hybridized carbons (Fsp3) is 0.571. The average Bonchev–Trinajstić information content (AvgIpc) is 3.04. The van der Waals surface area contributed by atoms with Gasteiger partial charge in [-0.15, -0.1) is 0 Å². The van der Waals surface area contributed by atoms with Gasteiger partial charge in [0.15, 0.2) is 0 Å². The van der Waals surface area contributed by atoms with Crippen molar-refractivity contribution in [2.45, 2.75) is 51.0 Å². The zero-order chi connectivity index (χ0) is 17.6. The summed E-state index contributed by atoms with van der Waals surface area (Å²) in [5.74, 6) is 0.880. The maximum absolute atomic E-state index is 12.3. The standard InChI is InChI=1S/C21H31N3O/c1-24(2)20(16-8-4-3-5-9-16)15-23-21(25)13-12-17-14-22-19-11-7-6-10-18(17)19/h6-7,10-11,14,16,20,22H,3-5,8-9,12-13,15H2,1-2H3,(H,23,25)/t20-/m1/s1. The Morgan fingerprint density at radius 3 is 2.76 bits per heavy atom. The van der Waals surface area contributed by atoms with Crippen molar-refractivity contribution in [1.29, 1.82) is 0 Å². The van der Waals surface area contributed by atoms with Gasteiger partial charge in [0.1, 0.15) is 0 Å². The smallest absolute Gasteiger partial charge is 0.220 e. The Labute approximate surface area is 151 Å². The minimum atomic E-state index is 0.160. The van der Waals surface area contributed by atoms with Crippen LogP contribution < -0.4 is 5.32 Å². The summed E-state index contributed by atoms with van der Waals surface area (Å²) in [6.45, 7) is 0.768. The zero-order valence-corrected chi connectivity index (χ0v) is 15.6. The number of para-hydroxylation sites is 1. The SMILES string of the molecule is CN(C)[C@H](CNC(=O)CCc1c[nH]c2ccccc12)C1CCCCC1. The largest absolute Gasteiger partial charge is 0.361 e. The van der Waals surface area contributed by atoms with Crippen LogP contribution in [0.25, 0.3) is 10.9 Å². The third-order valence-electron chi connectivity index (χ3n) is 5.66. The Morgan fingerprint density at radius 1 is 1.24 bits per heavy atom. The van der Waals surface area contributed by atoms with E-state index in [1.165, 1.54) is 43.1 Å². The highest BCUT2D eigenvalue weighted by molar-refractivity contribution is 5.84. The van der Waals surface area contributed by atoms with Crippen LogP contribution in [0.15, 0.2) is 30.5 Å². The number of H-pyrrole nitrogens is 1. The third-order valence-corrected chi connectivity index (χ3v) is 5.66. The minimum absolute atomic E-state index is 0.160.